The third kappa shape index (κ3) is 1.84. The van der Waals surface area contributed by atoms with E-state index in [1.165, 1.54) is 18.9 Å². The molecule has 0 bridgehead atoms. The number of nitrogens with one attached hydrogen (secondary N) is 1. The summed E-state index contributed by atoms with van der Waals surface area (Å²) in [6.45, 7) is 4.69. The van der Waals surface area contributed by atoms with Gasteiger partial charge in [-0.3, -0.25) is 0 Å². The van der Waals surface area contributed by atoms with Crippen LogP contribution in [0.3, 0.4) is 0 Å². The van der Waals surface area contributed by atoms with Gasteiger partial charge >= 0.3 is 0 Å². The van der Waals surface area contributed by atoms with E-state index in [1.54, 1.807) is 6.07 Å². The summed E-state index contributed by atoms with van der Waals surface area (Å²) < 4.78 is 19.3. The largest absolute Gasteiger partial charge is 0.456 e. The van der Waals surface area contributed by atoms with Gasteiger partial charge in [-0.1, -0.05) is 6.07 Å². The molecule has 17 heavy (non-hydrogen) atoms. The van der Waals surface area contributed by atoms with E-state index >= 15 is 0 Å². The highest BCUT2D eigenvalue weighted by molar-refractivity contribution is 5.85. The monoisotopic (exact) mass is 233 g/mol. The maximum Gasteiger partial charge on any atom is 0.170 e. The molecule has 0 unspecified atom stereocenters. The average Bonchev–Trinajstić information content (AvgIpc) is 3.06. The lowest BCUT2D eigenvalue weighted by Crippen LogP contribution is -2.15. The lowest BCUT2D eigenvalue weighted by atomic mass is 10.1. The predicted octanol–water partition coefficient (Wildman–Crippen LogP) is 3.44. The lowest BCUT2D eigenvalue weighted by molar-refractivity contribution is 0.491. The minimum Gasteiger partial charge on any atom is -0.456 e. The summed E-state index contributed by atoms with van der Waals surface area (Å²) in [6, 6.07) is 3.91. The Morgan fingerprint density at radius 3 is 2.76 bits per heavy atom. The lowest BCUT2D eigenvalue weighted by Gasteiger charge is -2.00. The summed E-state index contributed by atoms with van der Waals surface area (Å²) in [5.74, 6) is 0.589. The Labute approximate surface area is 99.8 Å². The van der Waals surface area contributed by atoms with Crippen LogP contribution < -0.4 is 5.32 Å². The van der Waals surface area contributed by atoms with E-state index in [4.69, 9.17) is 4.42 Å². The van der Waals surface area contributed by atoms with Crippen LogP contribution in [-0.4, -0.2) is 6.04 Å². The number of hydrogen-bond acceptors (Lipinski definition) is 2. The zero-order valence-corrected chi connectivity index (χ0v) is 10.1. The number of benzene rings is 1. The zero-order chi connectivity index (χ0) is 12.0. The number of hydrogen-bond donors (Lipinski definition) is 1. The molecular weight excluding hydrogens is 217 g/mol. The van der Waals surface area contributed by atoms with Gasteiger partial charge in [-0.2, -0.15) is 0 Å². The van der Waals surface area contributed by atoms with Crippen molar-refractivity contribution >= 4 is 11.0 Å². The molecule has 1 N–H and O–H groups in total. The molecule has 1 saturated carbocycles. The van der Waals surface area contributed by atoms with Crippen LogP contribution in [0.1, 0.15) is 29.7 Å². The van der Waals surface area contributed by atoms with Crippen molar-refractivity contribution in [3.05, 3.63) is 34.8 Å². The first-order chi connectivity index (χ1) is 8.16. The van der Waals surface area contributed by atoms with Gasteiger partial charge in [-0.15, -0.1) is 0 Å². The minimum atomic E-state index is -0.272. The van der Waals surface area contributed by atoms with Gasteiger partial charge in [0.05, 0.1) is 6.54 Å². The maximum atomic E-state index is 13.7. The van der Waals surface area contributed by atoms with E-state index in [9.17, 15) is 4.39 Å². The quantitative estimate of drug-likeness (QED) is 0.878. The van der Waals surface area contributed by atoms with Gasteiger partial charge in [0.15, 0.2) is 11.4 Å². The van der Waals surface area contributed by atoms with Crippen LogP contribution in [0.2, 0.25) is 0 Å². The first-order valence-electron chi connectivity index (χ1n) is 6.07. The van der Waals surface area contributed by atoms with Crippen molar-refractivity contribution in [2.45, 2.75) is 39.3 Å². The molecule has 2 nitrogen and oxygen atoms in total. The van der Waals surface area contributed by atoms with Gasteiger partial charge in [-0.05, 0) is 38.3 Å². The molecule has 0 atom stereocenters. The van der Waals surface area contributed by atoms with Crippen molar-refractivity contribution in [3.8, 4) is 0 Å². The third-order valence-corrected chi connectivity index (χ3v) is 3.47. The molecule has 1 fully saturated rings. The molecule has 2 aromatic rings. The van der Waals surface area contributed by atoms with Crippen molar-refractivity contribution in [1.29, 1.82) is 0 Å². The average molecular weight is 233 g/mol. The fourth-order valence-electron chi connectivity index (χ4n) is 2.25. The van der Waals surface area contributed by atoms with Crippen molar-refractivity contribution in [1.82, 2.24) is 5.32 Å². The molecule has 0 saturated heterocycles. The van der Waals surface area contributed by atoms with Crippen LogP contribution in [-0.2, 0) is 6.54 Å². The van der Waals surface area contributed by atoms with Crippen LogP contribution in [0.25, 0.3) is 11.0 Å². The molecule has 0 radical (unpaired) electrons. The molecular formula is C14H16FNO. The zero-order valence-electron chi connectivity index (χ0n) is 10.1. The van der Waals surface area contributed by atoms with Crippen molar-refractivity contribution in [2.24, 2.45) is 0 Å². The summed E-state index contributed by atoms with van der Waals surface area (Å²) in [5, 5.41) is 4.33. The number of rotatable bonds is 3. The summed E-state index contributed by atoms with van der Waals surface area (Å²) in [6.07, 6.45) is 2.49. The van der Waals surface area contributed by atoms with E-state index in [0.717, 1.165) is 22.3 Å². The third-order valence-electron chi connectivity index (χ3n) is 3.47. The highest BCUT2D eigenvalue weighted by Crippen LogP contribution is 2.30. The van der Waals surface area contributed by atoms with Crippen LogP contribution in [0, 0.1) is 19.7 Å². The van der Waals surface area contributed by atoms with E-state index in [-0.39, 0.29) is 5.82 Å². The normalized spacial score (nSPS) is 15.7. The van der Waals surface area contributed by atoms with E-state index in [0.29, 0.717) is 18.2 Å². The van der Waals surface area contributed by atoms with Crippen molar-refractivity contribution < 1.29 is 8.81 Å². The molecule has 1 aromatic heterocycles. The number of fused-ring (bicyclic) bond motifs is 1. The fourth-order valence-corrected chi connectivity index (χ4v) is 2.25. The smallest absolute Gasteiger partial charge is 0.170 e. The summed E-state index contributed by atoms with van der Waals surface area (Å²) in [5.41, 5.74) is 2.53. The summed E-state index contributed by atoms with van der Waals surface area (Å²) in [4.78, 5) is 0. The van der Waals surface area contributed by atoms with E-state index in [2.05, 4.69) is 5.32 Å². The SMILES string of the molecule is Cc1ccc(F)c2oc(CNC3CC3)c(C)c12. The van der Waals surface area contributed by atoms with Crippen molar-refractivity contribution in [3.63, 3.8) is 0 Å². The number of furan rings is 1. The molecule has 90 valence electrons. The van der Waals surface area contributed by atoms with Gasteiger partial charge in [-0.25, -0.2) is 4.39 Å². The maximum absolute atomic E-state index is 13.7. The molecule has 1 aliphatic carbocycles. The Hall–Kier alpha value is -1.35. The minimum absolute atomic E-state index is 0.272. The van der Waals surface area contributed by atoms with Crippen LogP contribution in [0.15, 0.2) is 16.5 Å². The number of aryl methyl sites for hydroxylation is 2. The molecule has 3 heteroatoms. The van der Waals surface area contributed by atoms with Gasteiger partial charge in [0.25, 0.3) is 0 Å². The topological polar surface area (TPSA) is 25.2 Å². The number of halogens is 1. The molecule has 3 rings (SSSR count). The van der Waals surface area contributed by atoms with Crippen LogP contribution >= 0.6 is 0 Å². The Morgan fingerprint density at radius 2 is 2.12 bits per heavy atom. The first-order valence-corrected chi connectivity index (χ1v) is 6.07. The van der Waals surface area contributed by atoms with Gasteiger partial charge in [0.1, 0.15) is 5.76 Å². The van der Waals surface area contributed by atoms with E-state index in [1.807, 2.05) is 13.8 Å². The Bertz CT molecular complexity index is 569. The Balaban J connectivity index is 2.03. The molecule has 1 aromatic carbocycles. The second-order valence-corrected chi connectivity index (χ2v) is 4.87. The molecule has 1 heterocycles. The van der Waals surface area contributed by atoms with Crippen molar-refractivity contribution in [2.75, 3.05) is 0 Å². The summed E-state index contributed by atoms with van der Waals surface area (Å²) >= 11 is 0. The Morgan fingerprint density at radius 1 is 1.35 bits per heavy atom. The second kappa shape index (κ2) is 3.84. The highest BCUT2D eigenvalue weighted by Gasteiger charge is 2.22. The molecule has 1 aliphatic rings. The molecule has 0 aliphatic heterocycles. The summed E-state index contributed by atoms with van der Waals surface area (Å²) in [7, 11) is 0. The van der Waals surface area contributed by atoms with Crippen LogP contribution in [0.5, 0.6) is 0 Å². The first kappa shape index (κ1) is 10.8. The van der Waals surface area contributed by atoms with Crippen LogP contribution in [0.4, 0.5) is 4.39 Å². The molecule has 0 amide bonds. The van der Waals surface area contributed by atoms with E-state index < -0.39 is 0 Å². The standard InChI is InChI=1S/C14H16FNO/c1-8-3-6-11(15)14-13(8)9(2)12(17-14)7-16-10-4-5-10/h3,6,10,16H,4-5,7H2,1-2H3. The van der Waals surface area contributed by atoms with Gasteiger partial charge in [0.2, 0.25) is 0 Å². The predicted molar refractivity (Wildman–Crippen MR) is 65.5 cm³/mol. The second-order valence-electron chi connectivity index (χ2n) is 4.87. The Kier molecular flexibility index (Phi) is 2.44. The fraction of sp³-hybridized carbons (Fsp3) is 0.429. The van der Waals surface area contributed by atoms with Gasteiger partial charge < -0.3 is 9.73 Å². The highest BCUT2D eigenvalue weighted by atomic mass is 19.1. The molecule has 0 spiro atoms. The van der Waals surface area contributed by atoms with Gasteiger partial charge in [0, 0.05) is 17.0 Å².